The highest BCUT2D eigenvalue weighted by Crippen LogP contribution is 2.19. The molecule has 0 amide bonds. The normalized spacial score (nSPS) is 18.3. The molecule has 1 rings (SSSR count). The van der Waals surface area contributed by atoms with Gasteiger partial charge in [-0.2, -0.15) is 0 Å². The number of rotatable bonds is 6. The van der Waals surface area contributed by atoms with Gasteiger partial charge in [0.25, 0.3) is 0 Å². The minimum absolute atomic E-state index is 0.0756. The summed E-state index contributed by atoms with van der Waals surface area (Å²) in [6.07, 6.45) is 8.72. The molecular formula is C12H21NO2. The van der Waals surface area contributed by atoms with Crippen LogP contribution in [0.5, 0.6) is 0 Å². The zero-order chi connectivity index (χ0) is 11.1. The molecule has 0 fully saturated rings. The van der Waals surface area contributed by atoms with Crippen LogP contribution in [0.1, 0.15) is 45.4 Å². The number of carbonyl (C=O) groups is 1. The third-order valence-corrected chi connectivity index (χ3v) is 2.80. The number of nitrogens with one attached hydrogen (secondary N) is 1. The SMILES string of the molecule is CC(CC(=O)O)NCCC1=CCCCC1. The fourth-order valence-electron chi connectivity index (χ4n) is 1.94. The highest BCUT2D eigenvalue weighted by Gasteiger charge is 2.07. The summed E-state index contributed by atoms with van der Waals surface area (Å²) < 4.78 is 0. The number of hydrogen-bond acceptors (Lipinski definition) is 2. The lowest BCUT2D eigenvalue weighted by Crippen LogP contribution is -2.29. The van der Waals surface area contributed by atoms with E-state index in [4.69, 9.17) is 5.11 Å². The van der Waals surface area contributed by atoms with Gasteiger partial charge in [0.05, 0.1) is 6.42 Å². The fraction of sp³-hybridized carbons (Fsp3) is 0.750. The van der Waals surface area contributed by atoms with Crippen LogP contribution >= 0.6 is 0 Å². The standard InChI is InChI=1S/C12H21NO2/c1-10(9-12(14)15)13-8-7-11-5-3-2-4-6-11/h5,10,13H,2-4,6-9H2,1H3,(H,14,15). The van der Waals surface area contributed by atoms with E-state index in [1.807, 2.05) is 6.92 Å². The molecule has 0 spiro atoms. The molecule has 0 aromatic carbocycles. The molecule has 3 heteroatoms. The first-order chi connectivity index (χ1) is 7.18. The Morgan fingerprint density at radius 2 is 2.40 bits per heavy atom. The molecule has 3 nitrogen and oxygen atoms in total. The van der Waals surface area contributed by atoms with Gasteiger partial charge < -0.3 is 10.4 Å². The van der Waals surface area contributed by atoms with E-state index in [0.29, 0.717) is 0 Å². The third kappa shape index (κ3) is 5.57. The number of carboxylic acid groups (broad SMARTS) is 1. The van der Waals surface area contributed by atoms with E-state index in [9.17, 15) is 4.79 Å². The summed E-state index contributed by atoms with van der Waals surface area (Å²) >= 11 is 0. The van der Waals surface area contributed by atoms with Gasteiger partial charge in [0.1, 0.15) is 0 Å². The topological polar surface area (TPSA) is 49.3 Å². The molecule has 86 valence electrons. The van der Waals surface area contributed by atoms with Crippen molar-refractivity contribution in [2.75, 3.05) is 6.54 Å². The molecule has 1 aliphatic carbocycles. The third-order valence-electron chi connectivity index (χ3n) is 2.80. The van der Waals surface area contributed by atoms with Crippen LogP contribution in [0.4, 0.5) is 0 Å². The molecule has 1 atom stereocenters. The summed E-state index contributed by atoms with van der Waals surface area (Å²) in [6.45, 7) is 2.82. The van der Waals surface area contributed by atoms with Crippen LogP contribution in [0.2, 0.25) is 0 Å². The number of aliphatic carboxylic acids is 1. The van der Waals surface area contributed by atoms with Crippen molar-refractivity contribution in [1.82, 2.24) is 5.32 Å². The Kier molecular flexibility index (Phi) is 5.40. The van der Waals surface area contributed by atoms with Gasteiger partial charge in [0.2, 0.25) is 0 Å². The van der Waals surface area contributed by atoms with Crippen molar-refractivity contribution < 1.29 is 9.90 Å². The minimum Gasteiger partial charge on any atom is -0.481 e. The summed E-state index contributed by atoms with van der Waals surface area (Å²) in [7, 11) is 0. The minimum atomic E-state index is -0.730. The first kappa shape index (κ1) is 12.2. The lowest BCUT2D eigenvalue weighted by Gasteiger charge is -2.15. The van der Waals surface area contributed by atoms with Gasteiger partial charge in [-0.05, 0) is 45.6 Å². The highest BCUT2D eigenvalue weighted by atomic mass is 16.4. The lowest BCUT2D eigenvalue weighted by atomic mass is 9.97. The summed E-state index contributed by atoms with van der Waals surface area (Å²) in [6, 6.07) is 0.0756. The van der Waals surface area contributed by atoms with Crippen LogP contribution in [0.3, 0.4) is 0 Å². The predicted molar refractivity (Wildman–Crippen MR) is 60.9 cm³/mol. The van der Waals surface area contributed by atoms with E-state index in [1.165, 1.54) is 31.3 Å². The van der Waals surface area contributed by atoms with E-state index in [-0.39, 0.29) is 12.5 Å². The van der Waals surface area contributed by atoms with Crippen molar-refractivity contribution >= 4 is 5.97 Å². The van der Waals surface area contributed by atoms with Gasteiger partial charge in [-0.3, -0.25) is 4.79 Å². The molecule has 0 heterocycles. The molecule has 0 saturated carbocycles. The largest absolute Gasteiger partial charge is 0.481 e. The second-order valence-electron chi connectivity index (χ2n) is 4.31. The van der Waals surface area contributed by atoms with Gasteiger partial charge in [-0.1, -0.05) is 11.6 Å². The molecule has 0 bridgehead atoms. The van der Waals surface area contributed by atoms with Crippen LogP contribution in [-0.4, -0.2) is 23.7 Å². The molecule has 1 aliphatic rings. The molecule has 0 radical (unpaired) electrons. The lowest BCUT2D eigenvalue weighted by molar-refractivity contribution is -0.137. The molecule has 0 saturated heterocycles. The Balaban J connectivity index is 2.09. The van der Waals surface area contributed by atoms with Crippen molar-refractivity contribution in [3.05, 3.63) is 11.6 Å². The molecule has 0 aromatic rings. The summed E-state index contributed by atoms with van der Waals surface area (Å²) in [5, 5.41) is 11.8. The quantitative estimate of drug-likeness (QED) is 0.663. The maximum absolute atomic E-state index is 10.4. The van der Waals surface area contributed by atoms with Crippen molar-refractivity contribution in [1.29, 1.82) is 0 Å². The van der Waals surface area contributed by atoms with Crippen LogP contribution in [0, 0.1) is 0 Å². The molecule has 15 heavy (non-hydrogen) atoms. The van der Waals surface area contributed by atoms with Gasteiger partial charge in [0.15, 0.2) is 0 Å². The van der Waals surface area contributed by atoms with Gasteiger partial charge in [0, 0.05) is 6.04 Å². The average molecular weight is 211 g/mol. The van der Waals surface area contributed by atoms with Crippen molar-refractivity contribution in [3.63, 3.8) is 0 Å². The van der Waals surface area contributed by atoms with E-state index >= 15 is 0 Å². The number of hydrogen-bond donors (Lipinski definition) is 2. The Bertz CT molecular complexity index is 236. The predicted octanol–water partition coefficient (Wildman–Crippen LogP) is 2.33. The number of carboxylic acids is 1. The Hall–Kier alpha value is -0.830. The van der Waals surface area contributed by atoms with Crippen LogP contribution in [-0.2, 0) is 4.79 Å². The first-order valence-electron chi connectivity index (χ1n) is 5.81. The monoisotopic (exact) mass is 211 g/mol. The first-order valence-corrected chi connectivity index (χ1v) is 5.81. The zero-order valence-corrected chi connectivity index (χ0v) is 9.46. The summed E-state index contributed by atoms with van der Waals surface area (Å²) in [5.74, 6) is -0.730. The van der Waals surface area contributed by atoms with Crippen molar-refractivity contribution in [3.8, 4) is 0 Å². The Labute approximate surface area is 91.6 Å². The zero-order valence-electron chi connectivity index (χ0n) is 9.46. The molecule has 0 aliphatic heterocycles. The Morgan fingerprint density at radius 1 is 1.60 bits per heavy atom. The molecule has 1 unspecified atom stereocenters. The maximum Gasteiger partial charge on any atom is 0.304 e. The summed E-state index contributed by atoms with van der Waals surface area (Å²) in [5.41, 5.74) is 1.54. The van der Waals surface area contributed by atoms with Gasteiger partial charge in [-0.15, -0.1) is 0 Å². The second-order valence-corrected chi connectivity index (χ2v) is 4.31. The van der Waals surface area contributed by atoms with E-state index < -0.39 is 5.97 Å². The van der Waals surface area contributed by atoms with Gasteiger partial charge >= 0.3 is 5.97 Å². The van der Waals surface area contributed by atoms with E-state index in [2.05, 4.69) is 11.4 Å². The molecule has 2 N–H and O–H groups in total. The maximum atomic E-state index is 10.4. The average Bonchev–Trinajstić information content (AvgIpc) is 2.18. The summed E-state index contributed by atoms with van der Waals surface area (Å²) in [4.78, 5) is 10.4. The van der Waals surface area contributed by atoms with Crippen LogP contribution < -0.4 is 5.32 Å². The smallest absolute Gasteiger partial charge is 0.304 e. The van der Waals surface area contributed by atoms with Crippen LogP contribution in [0.25, 0.3) is 0 Å². The van der Waals surface area contributed by atoms with E-state index in [0.717, 1.165) is 13.0 Å². The van der Waals surface area contributed by atoms with Gasteiger partial charge in [-0.25, -0.2) is 0 Å². The van der Waals surface area contributed by atoms with Crippen molar-refractivity contribution in [2.24, 2.45) is 0 Å². The molecular weight excluding hydrogens is 190 g/mol. The van der Waals surface area contributed by atoms with Crippen LogP contribution in [0.15, 0.2) is 11.6 Å². The second kappa shape index (κ2) is 6.62. The Morgan fingerprint density at radius 3 is 3.00 bits per heavy atom. The fourth-order valence-corrected chi connectivity index (χ4v) is 1.94. The van der Waals surface area contributed by atoms with E-state index in [1.54, 1.807) is 0 Å². The van der Waals surface area contributed by atoms with Crippen molar-refractivity contribution in [2.45, 2.75) is 51.5 Å². The molecule has 0 aromatic heterocycles. The highest BCUT2D eigenvalue weighted by molar-refractivity contribution is 5.67. The number of allylic oxidation sites excluding steroid dienone is 1.